The van der Waals surface area contributed by atoms with E-state index in [4.69, 9.17) is 0 Å². The van der Waals surface area contributed by atoms with Crippen molar-refractivity contribution in [2.45, 2.75) is 64.8 Å². The zero-order valence-corrected chi connectivity index (χ0v) is 10.1. The highest BCUT2D eigenvalue weighted by Crippen LogP contribution is 2.39. The van der Waals surface area contributed by atoms with E-state index < -0.39 is 0 Å². The molecule has 0 aromatic carbocycles. The molecule has 0 atom stereocenters. The van der Waals surface area contributed by atoms with Crippen LogP contribution in [0, 0.1) is 0 Å². The van der Waals surface area contributed by atoms with E-state index in [2.05, 4.69) is 24.1 Å². The first kappa shape index (κ1) is 11.5. The summed E-state index contributed by atoms with van der Waals surface area (Å²) >= 11 is 0. The van der Waals surface area contributed by atoms with Crippen molar-refractivity contribution in [1.82, 2.24) is 5.01 Å². The van der Waals surface area contributed by atoms with Crippen molar-refractivity contribution in [3.05, 3.63) is 0 Å². The summed E-state index contributed by atoms with van der Waals surface area (Å²) in [5, 5.41) is 6.74. The van der Waals surface area contributed by atoms with Gasteiger partial charge >= 0.3 is 0 Å². The van der Waals surface area contributed by atoms with Gasteiger partial charge in [-0.25, -0.2) is 0 Å². The normalized spacial score (nSPS) is 24.3. The van der Waals surface area contributed by atoms with Gasteiger partial charge in [-0.2, -0.15) is 5.10 Å². The summed E-state index contributed by atoms with van der Waals surface area (Å²) in [5.74, 6) is 0. The van der Waals surface area contributed by atoms with Gasteiger partial charge in [-0.1, -0.05) is 33.1 Å². The summed E-state index contributed by atoms with van der Waals surface area (Å²) in [5.41, 5.74) is 1.75. The van der Waals surface area contributed by atoms with E-state index in [0.717, 1.165) is 0 Å². The maximum absolute atomic E-state index is 4.52. The molecule has 14 heavy (non-hydrogen) atoms. The zero-order valence-electron chi connectivity index (χ0n) is 10.1. The van der Waals surface area contributed by atoms with Crippen molar-refractivity contribution in [3.63, 3.8) is 0 Å². The van der Waals surface area contributed by atoms with Crippen LogP contribution in [0.15, 0.2) is 5.10 Å². The van der Waals surface area contributed by atoms with Crippen LogP contribution in [0.25, 0.3) is 0 Å². The van der Waals surface area contributed by atoms with Gasteiger partial charge in [-0.05, 0) is 19.8 Å². The standard InChI is InChI=1S/C10H18N2.C2H6/c1-9-8-10(12(2)11-9)6-4-3-5-7-10;1-2/h3-8H2,1-2H3;1-2H3. The quantitative estimate of drug-likeness (QED) is 0.579. The van der Waals surface area contributed by atoms with Gasteiger partial charge < -0.3 is 0 Å². The molecule has 1 fully saturated rings. The molecular formula is C12H24N2. The fourth-order valence-electron chi connectivity index (χ4n) is 2.70. The van der Waals surface area contributed by atoms with Crippen LogP contribution in [0.1, 0.15) is 59.3 Å². The first-order valence-electron chi connectivity index (χ1n) is 6.01. The lowest BCUT2D eigenvalue weighted by molar-refractivity contribution is 0.103. The van der Waals surface area contributed by atoms with Crippen LogP contribution in [0.4, 0.5) is 0 Å². The van der Waals surface area contributed by atoms with Crippen LogP contribution in [0.5, 0.6) is 0 Å². The molecule has 1 heterocycles. The van der Waals surface area contributed by atoms with Crippen LogP contribution in [-0.2, 0) is 0 Å². The largest absolute Gasteiger partial charge is 0.294 e. The number of nitrogens with zero attached hydrogens (tertiary/aromatic N) is 2. The maximum Gasteiger partial charge on any atom is 0.0628 e. The van der Waals surface area contributed by atoms with Crippen LogP contribution in [0.2, 0.25) is 0 Å². The summed E-state index contributed by atoms with van der Waals surface area (Å²) in [4.78, 5) is 0. The lowest BCUT2D eigenvalue weighted by Gasteiger charge is -2.38. The van der Waals surface area contributed by atoms with E-state index in [9.17, 15) is 0 Å². The minimum absolute atomic E-state index is 0.433. The zero-order chi connectivity index (χ0) is 10.6. The molecule has 0 unspecified atom stereocenters. The molecule has 2 nitrogen and oxygen atoms in total. The third kappa shape index (κ3) is 2.10. The third-order valence-corrected chi connectivity index (χ3v) is 3.38. The molecular weight excluding hydrogens is 172 g/mol. The molecule has 0 aromatic heterocycles. The van der Waals surface area contributed by atoms with Gasteiger partial charge in [0, 0.05) is 19.2 Å². The van der Waals surface area contributed by atoms with Crippen LogP contribution < -0.4 is 0 Å². The predicted molar refractivity (Wildman–Crippen MR) is 62.7 cm³/mol. The number of hydrogen-bond donors (Lipinski definition) is 0. The molecule has 0 aromatic rings. The van der Waals surface area contributed by atoms with E-state index >= 15 is 0 Å². The first-order valence-corrected chi connectivity index (χ1v) is 6.01. The topological polar surface area (TPSA) is 15.6 Å². The smallest absolute Gasteiger partial charge is 0.0628 e. The van der Waals surface area contributed by atoms with Gasteiger partial charge in [0.2, 0.25) is 0 Å². The Labute approximate surface area is 88.4 Å². The fraction of sp³-hybridized carbons (Fsp3) is 0.917. The second-order valence-corrected chi connectivity index (χ2v) is 4.32. The lowest BCUT2D eigenvalue weighted by Crippen LogP contribution is -2.42. The Bertz CT molecular complexity index is 202. The van der Waals surface area contributed by atoms with Gasteiger partial charge in [0.25, 0.3) is 0 Å². The molecule has 0 N–H and O–H groups in total. The molecule has 2 heteroatoms. The molecule has 1 spiro atoms. The van der Waals surface area contributed by atoms with Gasteiger partial charge in [0.05, 0.1) is 5.54 Å². The van der Waals surface area contributed by atoms with Crippen LogP contribution in [-0.4, -0.2) is 23.3 Å². The van der Waals surface area contributed by atoms with Gasteiger partial charge in [-0.15, -0.1) is 0 Å². The lowest BCUT2D eigenvalue weighted by atomic mass is 9.79. The number of rotatable bonds is 0. The van der Waals surface area contributed by atoms with E-state index in [-0.39, 0.29) is 0 Å². The Balaban J connectivity index is 0.000000461. The Kier molecular flexibility index (Phi) is 3.97. The molecule has 0 radical (unpaired) electrons. The average Bonchev–Trinajstić information content (AvgIpc) is 2.46. The van der Waals surface area contributed by atoms with Crippen molar-refractivity contribution in [2.75, 3.05) is 7.05 Å². The van der Waals surface area contributed by atoms with Crippen molar-refractivity contribution in [1.29, 1.82) is 0 Å². The van der Waals surface area contributed by atoms with Crippen molar-refractivity contribution >= 4 is 5.71 Å². The summed E-state index contributed by atoms with van der Waals surface area (Å²) in [6, 6.07) is 0. The van der Waals surface area contributed by atoms with Crippen molar-refractivity contribution < 1.29 is 0 Å². The van der Waals surface area contributed by atoms with Gasteiger partial charge in [0.15, 0.2) is 0 Å². The molecule has 1 aliphatic heterocycles. The Morgan fingerprint density at radius 1 is 1.14 bits per heavy atom. The predicted octanol–water partition coefficient (Wildman–Crippen LogP) is 3.43. The highest BCUT2D eigenvalue weighted by Gasteiger charge is 2.39. The van der Waals surface area contributed by atoms with E-state index in [1.54, 1.807) is 0 Å². The molecule has 0 saturated heterocycles. The maximum atomic E-state index is 4.52. The third-order valence-electron chi connectivity index (χ3n) is 3.38. The van der Waals surface area contributed by atoms with Crippen LogP contribution in [0.3, 0.4) is 0 Å². The Morgan fingerprint density at radius 2 is 1.71 bits per heavy atom. The van der Waals surface area contributed by atoms with Gasteiger partial charge in [-0.3, -0.25) is 5.01 Å². The number of hydrogen-bond acceptors (Lipinski definition) is 2. The van der Waals surface area contributed by atoms with Crippen molar-refractivity contribution in [2.24, 2.45) is 5.10 Å². The summed E-state index contributed by atoms with van der Waals surface area (Å²) in [6.07, 6.45) is 8.13. The molecule has 0 amide bonds. The minimum atomic E-state index is 0.433. The molecule has 1 aliphatic carbocycles. The summed E-state index contributed by atoms with van der Waals surface area (Å²) in [6.45, 7) is 6.15. The summed E-state index contributed by atoms with van der Waals surface area (Å²) in [7, 11) is 2.14. The average molecular weight is 196 g/mol. The highest BCUT2D eigenvalue weighted by molar-refractivity contribution is 5.84. The molecule has 1 saturated carbocycles. The second-order valence-electron chi connectivity index (χ2n) is 4.32. The van der Waals surface area contributed by atoms with E-state index in [0.29, 0.717) is 5.54 Å². The summed E-state index contributed by atoms with van der Waals surface area (Å²) < 4.78 is 0. The van der Waals surface area contributed by atoms with E-state index in [1.165, 1.54) is 44.2 Å². The highest BCUT2D eigenvalue weighted by atomic mass is 15.5. The fourth-order valence-corrected chi connectivity index (χ4v) is 2.70. The van der Waals surface area contributed by atoms with Crippen molar-refractivity contribution in [3.8, 4) is 0 Å². The Hall–Kier alpha value is -0.530. The molecule has 2 rings (SSSR count). The van der Waals surface area contributed by atoms with Gasteiger partial charge in [0.1, 0.15) is 0 Å². The Morgan fingerprint density at radius 3 is 2.14 bits per heavy atom. The second kappa shape index (κ2) is 4.81. The molecule has 2 aliphatic rings. The number of hydrazone groups is 1. The van der Waals surface area contributed by atoms with Crippen LogP contribution >= 0.6 is 0 Å². The first-order chi connectivity index (χ1) is 6.73. The monoisotopic (exact) mass is 196 g/mol. The molecule has 0 bridgehead atoms. The minimum Gasteiger partial charge on any atom is -0.294 e. The van der Waals surface area contributed by atoms with E-state index in [1.807, 2.05) is 13.8 Å². The molecule has 82 valence electrons. The SMILES string of the molecule is CC.CC1=NN(C)C2(CCCCC2)C1.